The molecule has 0 aliphatic heterocycles. The molecule has 0 fully saturated rings. The summed E-state index contributed by atoms with van der Waals surface area (Å²) in [7, 11) is 0. The number of carbonyl (C=O) groups excluding carboxylic acids is 1. The SMILES string of the molecule is CCC/C(C)=N/NC(=O)c1[nH+]c(Cl)c(Cl)c(N)c1Cl. The number of rotatable bonds is 4. The van der Waals surface area contributed by atoms with Gasteiger partial charge in [0.1, 0.15) is 10.0 Å². The Balaban J connectivity index is 2.98. The fourth-order valence-corrected chi connectivity index (χ4v) is 1.96. The Morgan fingerprint density at radius 3 is 2.58 bits per heavy atom. The van der Waals surface area contributed by atoms with Gasteiger partial charge in [0, 0.05) is 5.71 Å². The van der Waals surface area contributed by atoms with Gasteiger partial charge >= 0.3 is 5.91 Å². The summed E-state index contributed by atoms with van der Waals surface area (Å²) in [5.74, 6) is -0.536. The lowest BCUT2D eigenvalue weighted by Crippen LogP contribution is -2.28. The van der Waals surface area contributed by atoms with Gasteiger partial charge in [0.2, 0.25) is 0 Å². The van der Waals surface area contributed by atoms with Crippen molar-refractivity contribution in [2.75, 3.05) is 5.73 Å². The third-order valence-electron chi connectivity index (χ3n) is 2.31. The first-order valence-electron chi connectivity index (χ1n) is 5.57. The highest BCUT2D eigenvalue weighted by atomic mass is 35.5. The van der Waals surface area contributed by atoms with Gasteiger partial charge < -0.3 is 5.73 Å². The van der Waals surface area contributed by atoms with E-state index in [1.165, 1.54) is 0 Å². The molecule has 104 valence electrons. The molecule has 0 spiro atoms. The second kappa shape index (κ2) is 6.93. The summed E-state index contributed by atoms with van der Waals surface area (Å²) in [4.78, 5) is 14.5. The predicted octanol–water partition coefficient (Wildman–Crippen LogP) is 2.95. The Bertz CT molecular complexity index is 531. The molecule has 0 atom stereocenters. The largest absolute Gasteiger partial charge is 0.396 e. The summed E-state index contributed by atoms with van der Waals surface area (Å²) in [5, 5.41) is 4.07. The average molecular weight is 325 g/mol. The van der Waals surface area contributed by atoms with Gasteiger partial charge in [0.15, 0.2) is 0 Å². The second-order valence-corrected chi connectivity index (χ2v) is 5.03. The first-order chi connectivity index (χ1) is 8.88. The number of anilines is 1. The highest BCUT2D eigenvalue weighted by molar-refractivity contribution is 6.45. The van der Waals surface area contributed by atoms with Crippen LogP contribution in [-0.4, -0.2) is 11.6 Å². The number of nitrogens with zero attached hydrogens (tertiary/aromatic N) is 1. The van der Waals surface area contributed by atoms with Crippen LogP contribution in [0.15, 0.2) is 5.10 Å². The van der Waals surface area contributed by atoms with E-state index in [-0.39, 0.29) is 26.6 Å². The molecule has 1 aromatic heterocycles. The molecule has 1 rings (SSSR count). The zero-order valence-corrected chi connectivity index (χ0v) is 12.7. The minimum atomic E-state index is -0.536. The van der Waals surface area contributed by atoms with Crippen molar-refractivity contribution in [1.29, 1.82) is 0 Å². The van der Waals surface area contributed by atoms with Crippen molar-refractivity contribution in [3.8, 4) is 0 Å². The van der Waals surface area contributed by atoms with Crippen LogP contribution >= 0.6 is 34.8 Å². The van der Waals surface area contributed by atoms with Crippen molar-refractivity contribution in [2.45, 2.75) is 26.7 Å². The van der Waals surface area contributed by atoms with Crippen molar-refractivity contribution >= 4 is 52.1 Å². The molecule has 0 saturated heterocycles. The fourth-order valence-electron chi connectivity index (χ4n) is 1.34. The highest BCUT2D eigenvalue weighted by Crippen LogP contribution is 2.31. The molecule has 1 amide bonds. The molecule has 19 heavy (non-hydrogen) atoms. The Morgan fingerprint density at radius 1 is 1.37 bits per heavy atom. The number of nitrogens with two attached hydrogens (primary N) is 1. The molecule has 8 heteroatoms. The summed E-state index contributed by atoms with van der Waals surface area (Å²) in [6.45, 7) is 3.84. The van der Waals surface area contributed by atoms with Crippen LogP contribution in [0.3, 0.4) is 0 Å². The van der Waals surface area contributed by atoms with E-state index in [0.29, 0.717) is 0 Å². The van der Waals surface area contributed by atoms with Gasteiger partial charge in [-0.15, -0.1) is 0 Å². The maximum atomic E-state index is 11.9. The van der Waals surface area contributed by atoms with Gasteiger partial charge in [-0.2, -0.15) is 10.1 Å². The van der Waals surface area contributed by atoms with Crippen molar-refractivity contribution in [3.63, 3.8) is 0 Å². The smallest absolute Gasteiger partial charge is 0.337 e. The number of hydrazone groups is 1. The van der Waals surface area contributed by atoms with Gasteiger partial charge in [-0.05, 0) is 24.9 Å². The van der Waals surface area contributed by atoms with Crippen molar-refractivity contribution < 1.29 is 9.78 Å². The maximum absolute atomic E-state index is 11.9. The van der Waals surface area contributed by atoms with E-state index < -0.39 is 5.91 Å². The molecule has 0 bridgehead atoms. The summed E-state index contributed by atoms with van der Waals surface area (Å²) in [6.07, 6.45) is 1.74. The quantitative estimate of drug-likeness (QED) is 0.507. The van der Waals surface area contributed by atoms with E-state index in [9.17, 15) is 4.79 Å². The number of H-pyrrole nitrogens is 1. The minimum Gasteiger partial charge on any atom is -0.396 e. The number of aromatic amines is 1. The fraction of sp³-hybridized carbons (Fsp3) is 0.364. The number of nitrogen functional groups attached to an aromatic ring is 1. The van der Waals surface area contributed by atoms with E-state index >= 15 is 0 Å². The second-order valence-electron chi connectivity index (χ2n) is 3.89. The van der Waals surface area contributed by atoms with Crippen LogP contribution in [0.2, 0.25) is 15.2 Å². The van der Waals surface area contributed by atoms with Crippen LogP contribution in [0, 0.1) is 0 Å². The first kappa shape index (κ1) is 16.0. The molecule has 0 unspecified atom stereocenters. The predicted molar refractivity (Wildman–Crippen MR) is 77.9 cm³/mol. The Hall–Kier alpha value is -1.04. The number of hydrogen-bond acceptors (Lipinski definition) is 3. The van der Waals surface area contributed by atoms with E-state index in [0.717, 1.165) is 18.6 Å². The van der Waals surface area contributed by atoms with Crippen LogP contribution < -0.4 is 16.1 Å². The van der Waals surface area contributed by atoms with Gasteiger partial charge in [0.25, 0.3) is 10.8 Å². The maximum Gasteiger partial charge on any atom is 0.337 e. The zero-order chi connectivity index (χ0) is 14.6. The summed E-state index contributed by atoms with van der Waals surface area (Å²) >= 11 is 17.5. The lowest BCUT2D eigenvalue weighted by molar-refractivity contribution is -0.379. The van der Waals surface area contributed by atoms with Crippen LogP contribution in [0.4, 0.5) is 5.69 Å². The van der Waals surface area contributed by atoms with Crippen molar-refractivity contribution in [1.82, 2.24) is 5.43 Å². The molecule has 0 aliphatic rings. The van der Waals surface area contributed by atoms with Crippen LogP contribution in [0.1, 0.15) is 37.2 Å². The molecule has 4 N–H and O–H groups in total. The van der Waals surface area contributed by atoms with Crippen molar-refractivity contribution in [2.24, 2.45) is 5.10 Å². The molecule has 0 aromatic carbocycles. The molecule has 0 saturated carbocycles. The van der Waals surface area contributed by atoms with Crippen LogP contribution in [0.25, 0.3) is 0 Å². The lowest BCUT2D eigenvalue weighted by Gasteiger charge is -2.03. The molecule has 0 radical (unpaired) electrons. The van der Waals surface area contributed by atoms with E-state index in [4.69, 9.17) is 40.5 Å². The van der Waals surface area contributed by atoms with Gasteiger partial charge in [-0.3, -0.25) is 4.79 Å². The minimum absolute atomic E-state index is 0.00949. The summed E-state index contributed by atoms with van der Waals surface area (Å²) in [5.41, 5.74) is 8.88. The van der Waals surface area contributed by atoms with Crippen molar-refractivity contribution in [3.05, 3.63) is 20.9 Å². The summed E-state index contributed by atoms with van der Waals surface area (Å²) in [6, 6.07) is 0. The third-order valence-corrected chi connectivity index (χ3v) is 3.47. The standard InChI is InChI=1S/C11H13Cl3N4O/c1-3-4-5(2)17-18-11(19)9-6(12)8(15)7(13)10(14)16-9/h3-4H2,1-2H3,(H2,15,16)(H,18,19)/p+1/b17-5+. The third kappa shape index (κ3) is 3.96. The van der Waals surface area contributed by atoms with Gasteiger partial charge in [-0.25, -0.2) is 5.43 Å². The number of amides is 1. The number of halogens is 3. The Labute approximate surface area is 126 Å². The van der Waals surface area contributed by atoms with E-state index in [1.54, 1.807) is 0 Å². The lowest BCUT2D eigenvalue weighted by atomic mass is 10.2. The number of aromatic nitrogens is 1. The van der Waals surface area contributed by atoms with Gasteiger partial charge in [0.05, 0.1) is 5.69 Å². The van der Waals surface area contributed by atoms with Crippen LogP contribution in [0.5, 0.6) is 0 Å². The van der Waals surface area contributed by atoms with Crippen LogP contribution in [-0.2, 0) is 0 Å². The monoisotopic (exact) mass is 323 g/mol. The Morgan fingerprint density at radius 2 is 2.00 bits per heavy atom. The van der Waals surface area contributed by atoms with E-state index in [2.05, 4.69) is 15.5 Å². The number of nitrogens with one attached hydrogen (secondary N) is 2. The number of carbonyl (C=O) groups is 1. The molecule has 0 aliphatic carbocycles. The molecular formula is C11H14Cl3N4O+. The number of hydrogen-bond donors (Lipinski definition) is 2. The zero-order valence-electron chi connectivity index (χ0n) is 10.5. The normalized spacial score (nSPS) is 11.5. The summed E-state index contributed by atoms with van der Waals surface area (Å²) < 4.78 is 0. The van der Waals surface area contributed by atoms with E-state index in [1.807, 2.05) is 13.8 Å². The molecule has 1 heterocycles. The number of pyridine rings is 1. The average Bonchev–Trinajstić information content (AvgIpc) is 2.38. The molecule has 5 nitrogen and oxygen atoms in total. The molecule has 1 aromatic rings. The Kier molecular flexibility index (Phi) is 5.85. The van der Waals surface area contributed by atoms with Gasteiger partial charge in [-0.1, -0.05) is 36.5 Å². The first-order valence-corrected chi connectivity index (χ1v) is 6.70. The topological polar surface area (TPSA) is 81.6 Å². The molecular weight excluding hydrogens is 311 g/mol. The highest BCUT2D eigenvalue weighted by Gasteiger charge is 2.25.